The van der Waals surface area contributed by atoms with Gasteiger partial charge in [0, 0.05) is 49.3 Å². The molecule has 0 amide bonds. The molecule has 3 atom stereocenters. The number of sulfone groups is 1. The predicted octanol–water partition coefficient (Wildman–Crippen LogP) is 3.80. The molecule has 2 aromatic rings. The number of halogens is 2. The summed E-state index contributed by atoms with van der Waals surface area (Å²) in [6.45, 7) is 7.97. The molecule has 1 aromatic heterocycles. The van der Waals surface area contributed by atoms with Gasteiger partial charge in [-0.05, 0) is 54.8 Å². The van der Waals surface area contributed by atoms with Gasteiger partial charge >= 0.3 is 0 Å². The first kappa shape index (κ1) is 21.1. The second kappa shape index (κ2) is 7.96. The normalized spacial score (nSPS) is 29.6. The highest BCUT2D eigenvalue weighted by molar-refractivity contribution is 7.91. The van der Waals surface area contributed by atoms with Gasteiger partial charge in [-0.15, -0.1) is 0 Å². The van der Waals surface area contributed by atoms with E-state index in [1.54, 1.807) is 0 Å². The summed E-state index contributed by atoms with van der Waals surface area (Å²) in [5.41, 5.74) is 3.88. The number of aromatic amines is 1. The molecule has 1 aromatic carbocycles. The molecule has 5 nitrogen and oxygen atoms in total. The molecule has 8 heteroatoms. The lowest BCUT2D eigenvalue weighted by atomic mass is 9.68. The average molecular weight is 470 g/mol. The van der Waals surface area contributed by atoms with E-state index in [0.29, 0.717) is 52.4 Å². The lowest BCUT2D eigenvalue weighted by molar-refractivity contribution is 0.0866. The Morgan fingerprint density at radius 3 is 2.53 bits per heavy atom. The van der Waals surface area contributed by atoms with Crippen molar-refractivity contribution in [2.45, 2.75) is 25.7 Å². The second-order valence-electron chi connectivity index (χ2n) is 9.33. The van der Waals surface area contributed by atoms with Crippen LogP contribution in [0.3, 0.4) is 0 Å². The molecule has 0 bridgehead atoms. The van der Waals surface area contributed by atoms with E-state index in [-0.39, 0.29) is 0 Å². The number of hydrogen-bond acceptors (Lipinski definition) is 4. The van der Waals surface area contributed by atoms with E-state index in [1.165, 1.54) is 23.1 Å². The molecule has 0 radical (unpaired) electrons. The van der Waals surface area contributed by atoms with Crippen molar-refractivity contribution < 1.29 is 8.42 Å². The van der Waals surface area contributed by atoms with Crippen LogP contribution in [0.5, 0.6) is 0 Å². The maximum atomic E-state index is 11.7. The zero-order valence-electron chi connectivity index (χ0n) is 17.3. The van der Waals surface area contributed by atoms with Gasteiger partial charge in [0.2, 0.25) is 0 Å². The summed E-state index contributed by atoms with van der Waals surface area (Å²) < 4.78 is 23.3. The molecule has 5 rings (SSSR count). The molecular formula is C22H29Cl2N3O2S. The Morgan fingerprint density at radius 2 is 1.77 bits per heavy atom. The van der Waals surface area contributed by atoms with Crippen LogP contribution in [0.15, 0.2) is 12.1 Å². The van der Waals surface area contributed by atoms with Crippen molar-refractivity contribution in [1.82, 2.24) is 14.8 Å². The Labute approximate surface area is 188 Å². The Kier molecular flexibility index (Phi) is 5.60. The second-order valence-corrected chi connectivity index (χ2v) is 12.4. The number of nitrogens with zero attached hydrogens (tertiary/aromatic N) is 2. The third-order valence-corrected chi connectivity index (χ3v) is 9.92. The molecule has 2 unspecified atom stereocenters. The van der Waals surface area contributed by atoms with Gasteiger partial charge in [0.15, 0.2) is 9.84 Å². The number of benzene rings is 1. The van der Waals surface area contributed by atoms with Crippen molar-refractivity contribution in [1.29, 1.82) is 0 Å². The van der Waals surface area contributed by atoms with Crippen molar-refractivity contribution >= 4 is 43.9 Å². The van der Waals surface area contributed by atoms with Crippen LogP contribution >= 0.6 is 23.2 Å². The van der Waals surface area contributed by atoms with Crippen LogP contribution in [0, 0.1) is 11.8 Å². The summed E-state index contributed by atoms with van der Waals surface area (Å²) >= 11 is 12.6. The number of hydrogen-bond donors (Lipinski definition) is 1. The Morgan fingerprint density at radius 1 is 1.07 bits per heavy atom. The van der Waals surface area contributed by atoms with Gasteiger partial charge in [-0.25, -0.2) is 8.42 Å². The third-order valence-electron chi connectivity index (χ3n) is 7.59. The Balaban J connectivity index is 1.29. The van der Waals surface area contributed by atoms with Gasteiger partial charge in [-0.2, -0.15) is 0 Å². The van der Waals surface area contributed by atoms with Crippen LogP contribution in [-0.2, 0) is 16.3 Å². The minimum absolute atomic E-state index is 0.310. The van der Waals surface area contributed by atoms with Gasteiger partial charge < -0.3 is 14.8 Å². The topological polar surface area (TPSA) is 56.4 Å². The van der Waals surface area contributed by atoms with Crippen LogP contribution in [0.4, 0.5) is 0 Å². The zero-order chi connectivity index (χ0) is 21.0. The number of fused-ring (bicyclic) bond motifs is 4. The molecule has 0 spiro atoms. The third kappa shape index (κ3) is 3.90. The average Bonchev–Trinajstić information content (AvgIpc) is 3.05. The molecule has 2 aliphatic heterocycles. The van der Waals surface area contributed by atoms with Gasteiger partial charge in [0.05, 0.1) is 21.6 Å². The fourth-order valence-electron chi connectivity index (χ4n) is 5.80. The summed E-state index contributed by atoms with van der Waals surface area (Å²) in [6, 6.07) is 3.98. The summed E-state index contributed by atoms with van der Waals surface area (Å²) in [5.74, 6) is 2.45. The van der Waals surface area contributed by atoms with Crippen LogP contribution in [0.25, 0.3) is 10.9 Å². The molecule has 2 fully saturated rings. The standard InChI is InChI=1S/C22H29Cl2N3O2S/c1-14-17-13-27(5-4-26-6-8-30(28,29)9-7-26)3-2-15(17)10-21-22(14)16-11-18(23)19(24)12-20(16)25-21/h11-12,14-15,17,25H,2-10,13H2,1H3/t14?,15-,17?/m0/s1. The number of likely N-dealkylation sites (tertiary alicyclic amines) is 1. The molecule has 3 heterocycles. The fraction of sp³-hybridized carbons (Fsp3) is 0.636. The highest BCUT2D eigenvalue weighted by Crippen LogP contribution is 2.47. The van der Waals surface area contributed by atoms with Crippen LogP contribution in [0.2, 0.25) is 10.0 Å². The van der Waals surface area contributed by atoms with Crippen LogP contribution in [0.1, 0.15) is 30.5 Å². The van der Waals surface area contributed by atoms with Gasteiger partial charge in [0.1, 0.15) is 0 Å². The summed E-state index contributed by atoms with van der Waals surface area (Å²) in [7, 11) is -2.80. The number of H-pyrrole nitrogens is 1. The minimum atomic E-state index is -2.80. The monoisotopic (exact) mass is 469 g/mol. The Bertz CT molecular complexity index is 1050. The quantitative estimate of drug-likeness (QED) is 0.742. The molecule has 2 saturated heterocycles. The summed E-state index contributed by atoms with van der Waals surface area (Å²) in [5, 5.41) is 2.44. The zero-order valence-corrected chi connectivity index (χ0v) is 19.7. The van der Waals surface area contributed by atoms with Crippen molar-refractivity contribution in [3.63, 3.8) is 0 Å². The van der Waals surface area contributed by atoms with Gasteiger partial charge in [-0.1, -0.05) is 30.1 Å². The number of rotatable bonds is 3. The van der Waals surface area contributed by atoms with E-state index in [4.69, 9.17) is 23.2 Å². The molecule has 30 heavy (non-hydrogen) atoms. The van der Waals surface area contributed by atoms with Crippen molar-refractivity contribution in [3.05, 3.63) is 33.4 Å². The number of aromatic nitrogens is 1. The van der Waals surface area contributed by atoms with E-state index in [1.807, 2.05) is 12.1 Å². The number of nitrogens with one attached hydrogen (secondary N) is 1. The van der Waals surface area contributed by atoms with Gasteiger partial charge in [-0.3, -0.25) is 0 Å². The van der Waals surface area contributed by atoms with Crippen molar-refractivity contribution in [3.8, 4) is 0 Å². The lowest BCUT2D eigenvalue weighted by Gasteiger charge is -2.45. The summed E-state index contributed by atoms with van der Waals surface area (Å²) in [6.07, 6.45) is 2.33. The van der Waals surface area contributed by atoms with Crippen molar-refractivity contribution in [2.24, 2.45) is 11.8 Å². The first-order valence-electron chi connectivity index (χ1n) is 11.0. The van der Waals surface area contributed by atoms with Crippen LogP contribution in [-0.4, -0.2) is 74.0 Å². The molecular weight excluding hydrogens is 441 g/mol. The highest BCUT2D eigenvalue weighted by atomic mass is 35.5. The SMILES string of the molecule is CC1c2c([nH]c3cc(Cl)c(Cl)cc23)C[C@@H]2CCN(CCN3CCS(=O)(=O)CC3)CC12. The molecule has 164 valence electrons. The maximum absolute atomic E-state index is 11.7. The predicted molar refractivity (Wildman–Crippen MR) is 124 cm³/mol. The molecule has 1 aliphatic carbocycles. The van der Waals surface area contributed by atoms with Crippen molar-refractivity contribution in [2.75, 3.05) is 50.8 Å². The largest absolute Gasteiger partial charge is 0.358 e. The smallest absolute Gasteiger partial charge is 0.152 e. The summed E-state index contributed by atoms with van der Waals surface area (Å²) in [4.78, 5) is 8.52. The lowest BCUT2D eigenvalue weighted by Crippen LogP contribution is -2.49. The van der Waals surface area contributed by atoms with E-state index < -0.39 is 9.84 Å². The molecule has 1 N–H and O–H groups in total. The minimum Gasteiger partial charge on any atom is -0.358 e. The first-order valence-corrected chi connectivity index (χ1v) is 13.5. The Hall–Kier alpha value is -0.790. The van der Waals surface area contributed by atoms with E-state index >= 15 is 0 Å². The fourth-order valence-corrected chi connectivity index (χ4v) is 7.41. The van der Waals surface area contributed by atoms with E-state index in [2.05, 4.69) is 21.7 Å². The van der Waals surface area contributed by atoms with Gasteiger partial charge in [0.25, 0.3) is 0 Å². The maximum Gasteiger partial charge on any atom is 0.152 e. The highest BCUT2D eigenvalue weighted by Gasteiger charge is 2.39. The first-order chi connectivity index (χ1) is 14.3. The van der Waals surface area contributed by atoms with Crippen LogP contribution < -0.4 is 0 Å². The van der Waals surface area contributed by atoms with E-state index in [9.17, 15) is 8.42 Å². The molecule has 0 saturated carbocycles. The van der Waals surface area contributed by atoms with E-state index in [0.717, 1.165) is 38.1 Å². The molecule has 3 aliphatic rings. The number of piperidine rings is 1.